The molecular formula is C16H14ClNO2S. The van der Waals surface area contributed by atoms with Gasteiger partial charge in [-0.1, -0.05) is 41.9 Å². The number of rotatable bonds is 4. The summed E-state index contributed by atoms with van der Waals surface area (Å²) in [4.78, 5) is 0. The maximum atomic E-state index is 12.5. The van der Waals surface area contributed by atoms with E-state index in [-0.39, 0.29) is 5.75 Å². The first-order valence-corrected chi connectivity index (χ1v) is 8.48. The Kier molecular flexibility index (Phi) is 4.66. The first-order valence-electron chi connectivity index (χ1n) is 6.39. The van der Waals surface area contributed by atoms with E-state index in [2.05, 4.69) is 0 Å². The molecule has 0 unspecified atom stereocenters. The van der Waals surface area contributed by atoms with Crippen molar-refractivity contribution in [3.8, 4) is 6.07 Å². The highest BCUT2D eigenvalue weighted by Crippen LogP contribution is 2.27. The zero-order valence-electron chi connectivity index (χ0n) is 11.5. The van der Waals surface area contributed by atoms with Crippen LogP contribution in [0, 0.1) is 11.3 Å². The molecule has 2 rings (SSSR count). The van der Waals surface area contributed by atoms with Crippen molar-refractivity contribution >= 4 is 21.4 Å². The molecule has 0 aromatic heterocycles. The average molecular weight is 320 g/mol. The number of sulfone groups is 1. The Morgan fingerprint density at radius 3 is 2.38 bits per heavy atom. The van der Waals surface area contributed by atoms with Crippen LogP contribution in [0.15, 0.2) is 48.5 Å². The number of hydrogen-bond donors (Lipinski definition) is 0. The Morgan fingerprint density at radius 2 is 1.76 bits per heavy atom. The fraction of sp³-hybridized carbons (Fsp3) is 0.188. The van der Waals surface area contributed by atoms with Gasteiger partial charge in [-0.15, -0.1) is 0 Å². The number of halogens is 1. The van der Waals surface area contributed by atoms with Gasteiger partial charge in [0.15, 0.2) is 9.84 Å². The highest BCUT2D eigenvalue weighted by Gasteiger charge is 2.24. The number of nitriles is 1. The van der Waals surface area contributed by atoms with Crippen molar-refractivity contribution in [1.29, 1.82) is 5.26 Å². The second-order valence-corrected chi connectivity index (χ2v) is 7.53. The Hall–Kier alpha value is -1.83. The largest absolute Gasteiger partial charge is 0.228 e. The lowest BCUT2D eigenvalue weighted by atomic mass is 10.1. The molecule has 108 valence electrons. The van der Waals surface area contributed by atoms with Gasteiger partial charge in [-0.05, 0) is 36.2 Å². The Balaban J connectivity index is 2.30. The predicted octanol–water partition coefficient (Wildman–Crippen LogP) is 3.89. The molecule has 1 atom stereocenters. The summed E-state index contributed by atoms with van der Waals surface area (Å²) in [6, 6.07) is 15.5. The number of nitrogens with zero attached hydrogens (tertiary/aromatic N) is 1. The van der Waals surface area contributed by atoms with Crippen LogP contribution in [0.1, 0.15) is 28.9 Å². The van der Waals surface area contributed by atoms with Crippen molar-refractivity contribution in [1.82, 2.24) is 0 Å². The van der Waals surface area contributed by atoms with Crippen LogP contribution in [0.3, 0.4) is 0 Å². The van der Waals surface area contributed by atoms with Crippen LogP contribution in [0.4, 0.5) is 0 Å². The summed E-state index contributed by atoms with van der Waals surface area (Å²) in [7, 11) is -3.41. The topological polar surface area (TPSA) is 57.9 Å². The molecule has 21 heavy (non-hydrogen) atoms. The SMILES string of the molecule is C[C@H](c1ccc(Cl)cc1)S(=O)(=O)Cc1ccccc1C#N. The summed E-state index contributed by atoms with van der Waals surface area (Å²) in [6.45, 7) is 1.65. The van der Waals surface area contributed by atoms with Crippen molar-refractivity contribution in [3.63, 3.8) is 0 Å². The minimum Gasteiger partial charge on any atom is -0.228 e. The molecule has 0 radical (unpaired) electrons. The summed E-state index contributed by atoms with van der Waals surface area (Å²) in [5, 5.41) is 8.96. The fourth-order valence-corrected chi connectivity index (χ4v) is 3.67. The van der Waals surface area contributed by atoms with Crippen LogP contribution >= 0.6 is 11.6 Å². The van der Waals surface area contributed by atoms with Gasteiger partial charge in [0.2, 0.25) is 0 Å². The lowest BCUT2D eigenvalue weighted by Crippen LogP contribution is -2.13. The predicted molar refractivity (Wildman–Crippen MR) is 83.6 cm³/mol. The zero-order valence-corrected chi connectivity index (χ0v) is 13.0. The Morgan fingerprint density at radius 1 is 1.14 bits per heavy atom. The minimum absolute atomic E-state index is 0.152. The van der Waals surface area contributed by atoms with Gasteiger partial charge < -0.3 is 0 Å². The van der Waals surface area contributed by atoms with Gasteiger partial charge >= 0.3 is 0 Å². The van der Waals surface area contributed by atoms with Gasteiger partial charge in [0.05, 0.1) is 22.6 Å². The third-order valence-corrected chi connectivity index (χ3v) is 5.69. The maximum absolute atomic E-state index is 12.5. The van der Waals surface area contributed by atoms with Crippen LogP contribution < -0.4 is 0 Å². The molecule has 0 saturated carbocycles. The first-order chi connectivity index (χ1) is 9.94. The molecule has 0 fully saturated rings. The second-order valence-electron chi connectivity index (χ2n) is 4.77. The summed E-state index contributed by atoms with van der Waals surface area (Å²) in [6.07, 6.45) is 0. The van der Waals surface area contributed by atoms with Crippen LogP contribution in [-0.4, -0.2) is 8.42 Å². The summed E-state index contributed by atoms with van der Waals surface area (Å²) in [5.74, 6) is -0.152. The van der Waals surface area contributed by atoms with E-state index >= 15 is 0 Å². The van der Waals surface area contributed by atoms with E-state index in [0.717, 1.165) is 0 Å². The second kappa shape index (κ2) is 6.30. The minimum atomic E-state index is -3.41. The standard InChI is InChI=1S/C16H14ClNO2S/c1-12(13-6-8-16(17)9-7-13)21(19,20)11-15-5-3-2-4-14(15)10-18/h2-9,12H,11H2,1H3/t12-/m1/s1. The molecule has 0 aliphatic rings. The van der Waals surface area contributed by atoms with Gasteiger partial charge in [-0.25, -0.2) is 8.42 Å². The zero-order chi connectivity index (χ0) is 15.5. The molecule has 0 N–H and O–H groups in total. The van der Waals surface area contributed by atoms with E-state index < -0.39 is 15.1 Å². The van der Waals surface area contributed by atoms with Gasteiger partial charge in [-0.2, -0.15) is 5.26 Å². The van der Waals surface area contributed by atoms with E-state index in [1.807, 2.05) is 6.07 Å². The van der Waals surface area contributed by atoms with E-state index in [0.29, 0.717) is 21.7 Å². The van der Waals surface area contributed by atoms with Crippen molar-refractivity contribution in [3.05, 3.63) is 70.2 Å². The van der Waals surface area contributed by atoms with E-state index in [1.165, 1.54) is 0 Å². The molecule has 2 aromatic carbocycles. The molecule has 0 aliphatic carbocycles. The van der Waals surface area contributed by atoms with E-state index in [9.17, 15) is 8.42 Å². The fourth-order valence-electron chi connectivity index (χ4n) is 2.04. The first kappa shape index (κ1) is 15.6. The molecule has 0 heterocycles. The smallest absolute Gasteiger partial charge is 0.161 e. The lowest BCUT2D eigenvalue weighted by molar-refractivity contribution is 0.585. The van der Waals surface area contributed by atoms with Crippen LogP contribution in [-0.2, 0) is 15.6 Å². The van der Waals surface area contributed by atoms with Gasteiger partial charge in [0.25, 0.3) is 0 Å². The molecule has 0 bridgehead atoms. The molecular weight excluding hydrogens is 306 g/mol. The van der Waals surface area contributed by atoms with Crippen molar-refractivity contribution in [2.45, 2.75) is 17.9 Å². The molecule has 0 aliphatic heterocycles. The van der Waals surface area contributed by atoms with Gasteiger partial charge in [0.1, 0.15) is 0 Å². The average Bonchev–Trinajstić information content (AvgIpc) is 2.47. The monoisotopic (exact) mass is 319 g/mol. The normalized spacial score (nSPS) is 12.6. The number of hydrogen-bond acceptors (Lipinski definition) is 3. The Bertz CT molecular complexity index is 777. The van der Waals surface area contributed by atoms with Crippen molar-refractivity contribution < 1.29 is 8.42 Å². The molecule has 3 nitrogen and oxygen atoms in total. The van der Waals surface area contributed by atoms with Crippen LogP contribution in [0.2, 0.25) is 5.02 Å². The summed E-state index contributed by atoms with van der Waals surface area (Å²) >= 11 is 5.81. The highest BCUT2D eigenvalue weighted by molar-refractivity contribution is 7.90. The third-order valence-electron chi connectivity index (χ3n) is 3.37. The molecule has 0 amide bonds. The molecule has 0 spiro atoms. The van der Waals surface area contributed by atoms with E-state index in [1.54, 1.807) is 55.5 Å². The van der Waals surface area contributed by atoms with Crippen LogP contribution in [0.5, 0.6) is 0 Å². The number of benzene rings is 2. The highest BCUT2D eigenvalue weighted by atomic mass is 35.5. The molecule has 2 aromatic rings. The van der Waals surface area contributed by atoms with Gasteiger partial charge in [-0.3, -0.25) is 0 Å². The molecule has 5 heteroatoms. The van der Waals surface area contributed by atoms with Crippen molar-refractivity contribution in [2.75, 3.05) is 0 Å². The Labute approximate surface area is 129 Å². The third kappa shape index (κ3) is 3.63. The van der Waals surface area contributed by atoms with Gasteiger partial charge in [0, 0.05) is 5.02 Å². The molecule has 0 saturated heterocycles. The van der Waals surface area contributed by atoms with Crippen LogP contribution in [0.25, 0.3) is 0 Å². The quantitative estimate of drug-likeness (QED) is 0.859. The van der Waals surface area contributed by atoms with Crippen molar-refractivity contribution in [2.24, 2.45) is 0 Å². The van der Waals surface area contributed by atoms with E-state index in [4.69, 9.17) is 16.9 Å². The maximum Gasteiger partial charge on any atom is 0.161 e. The summed E-state index contributed by atoms with van der Waals surface area (Å²) in [5.41, 5.74) is 1.61. The summed E-state index contributed by atoms with van der Waals surface area (Å²) < 4.78 is 25.0. The lowest BCUT2D eigenvalue weighted by Gasteiger charge is -2.14.